The summed E-state index contributed by atoms with van der Waals surface area (Å²) in [6.45, 7) is 5.05. The average Bonchev–Trinajstić information content (AvgIpc) is 3.03. The number of nitrogens with one attached hydrogen (secondary N) is 2. The minimum Gasteiger partial charge on any atom is -0.491 e. The van der Waals surface area contributed by atoms with Crippen LogP contribution in [0.2, 0.25) is 0 Å². The number of hydrogen-bond donors (Lipinski definition) is 2. The second kappa shape index (κ2) is 15.6. The maximum atomic E-state index is 13.7. The molecule has 0 saturated heterocycles. The quantitative estimate of drug-likeness (QED) is 0.411. The van der Waals surface area contributed by atoms with Gasteiger partial charge in [0.1, 0.15) is 36.8 Å². The third-order valence-electron chi connectivity index (χ3n) is 7.51. The smallest absolute Gasteiger partial charge is 0.255 e. The first-order chi connectivity index (χ1) is 21.3. The van der Waals surface area contributed by atoms with Crippen LogP contribution in [-0.4, -0.2) is 85.4 Å². The van der Waals surface area contributed by atoms with Gasteiger partial charge in [0.2, 0.25) is 17.7 Å². The molecule has 4 amide bonds. The third kappa shape index (κ3) is 8.59. The Hall–Kier alpha value is -4.86. The van der Waals surface area contributed by atoms with Crippen molar-refractivity contribution in [2.24, 2.45) is 0 Å². The van der Waals surface area contributed by atoms with Gasteiger partial charge < -0.3 is 29.9 Å². The zero-order valence-corrected chi connectivity index (χ0v) is 25.5. The zero-order valence-electron chi connectivity index (χ0n) is 25.5. The van der Waals surface area contributed by atoms with Crippen LogP contribution in [0.4, 0.5) is 0 Å². The Balaban J connectivity index is 1.57. The molecule has 3 aromatic carbocycles. The molecule has 0 unspecified atom stereocenters. The van der Waals surface area contributed by atoms with Crippen LogP contribution in [0.1, 0.15) is 34.8 Å². The summed E-state index contributed by atoms with van der Waals surface area (Å²) in [4.78, 5) is 57.3. The molecule has 10 nitrogen and oxygen atoms in total. The van der Waals surface area contributed by atoms with Gasteiger partial charge in [-0.15, -0.1) is 0 Å². The lowest BCUT2D eigenvalue weighted by molar-refractivity contribution is -0.138. The van der Waals surface area contributed by atoms with Crippen LogP contribution in [0.3, 0.4) is 0 Å². The number of ether oxygens (including phenoxy) is 2. The molecule has 2 atom stereocenters. The molecule has 4 rings (SSSR count). The molecule has 232 valence electrons. The molecule has 1 aliphatic heterocycles. The highest BCUT2D eigenvalue weighted by atomic mass is 16.5. The van der Waals surface area contributed by atoms with Crippen molar-refractivity contribution < 1.29 is 28.7 Å². The maximum Gasteiger partial charge on any atom is 0.255 e. The molecule has 0 radical (unpaired) electrons. The molecular weight excluding hydrogens is 560 g/mol. The molecule has 2 N–H and O–H groups in total. The van der Waals surface area contributed by atoms with Crippen LogP contribution in [0, 0.1) is 6.92 Å². The molecular formula is C34H40N4O6. The van der Waals surface area contributed by atoms with Crippen LogP contribution in [0.25, 0.3) is 0 Å². The van der Waals surface area contributed by atoms with Crippen LogP contribution in [-0.2, 0) is 20.8 Å². The van der Waals surface area contributed by atoms with E-state index in [4.69, 9.17) is 9.47 Å². The van der Waals surface area contributed by atoms with E-state index in [9.17, 15) is 19.2 Å². The molecule has 0 fully saturated rings. The van der Waals surface area contributed by atoms with E-state index in [1.165, 1.54) is 4.90 Å². The first kappa shape index (κ1) is 32.1. The van der Waals surface area contributed by atoms with Gasteiger partial charge >= 0.3 is 0 Å². The second-order valence-electron chi connectivity index (χ2n) is 10.7. The minimum atomic E-state index is -1.20. The summed E-state index contributed by atoms with van der Waals surface area (Å²) in [5.41, 5.74) is 2.08. The zero-order chi connectivity index (χ0) is 31.5. The number of carbonyl (C=O) groups excluding carboxylic acids is 4. The van der Waals surface area contributed by atoms with E-state index in [-0.39, 0.29) is 50.6 Å². The van der Waals surface area contributed by atoms with Crippen molar-refractivity contribution >= 4 is 23.6 Å². The summed E-state index contributed by atoms with van der Waals surface area (Å²) in [6.07, 6.45) is -0.0893. The monoisotopic (exact) mass is 600 g/mol. The van der Waals surface area contributed by atoms with Crippen LogP contribution >= 0.6 is 0 Å². The largest absolute Gasteiger partial charge is 0.491 e. The summed E-state index contributed by atoms with van der Waals surface area (Å²) < 4.78 is 11.8. The van der Waals surface area contributed by atoms with Crippen LogP contribution < -0.4 is 20.1 Å². The Bertz CT molecular complexity index is 1450. The Labute approximate surface area is 258 Å². The number of fused-ring (bicyclic) bond motifs is 1. The maximum absolute atomic E-state index is 13.7. The van der Waals surface area contributed by atoms with Gasteiger partial charge in [0, 0.05) is 20.0 Å². The first-order valence-corrected chi connectivity index (χ1v) is 14.8. The van der Waals surface area contributed by atoms with Gasteiger partial charge in [0.15, 0.2) is 0 Å². The van der Waals surface area contributed by atoms with E-state index in [0.717, 1.165) is 11.1 Å². The predicted octanol–water partition coefficient (Wildman–Crippen LogP) is 2.99. The lowest BCUT2D eigenvalue weighted by Crippen LogP contribution is -2.54. The average molecular weight is 601 g/mol. The summed E-state index contributed by atoms with van der Waals surface area (Å²) >= 11 is 0. The van der Waals surface area contributed by atoms with Crippen LogP contribution in [0.5, 0.6) is 11.5 Å². The lowest BCUT2D eigenvalue weighted by atomic mass is 10.0. The van der Waals surface area contributed by atoms with E-state index < -0.39 is 29.8 Å². The number of amides is 4. The molecule has 0 saturated carbocycles. The topological polar surface area (TPSA) is 117 Å². The fourth-order valence-corrected chi connectivity index (χ4v) is 5.00. The molecule has 0 spiro atoms. The number of para-hydroxylation sites is 2. The van der Waals surface area contributed by atoms with Crippen LogP contribution in [0.15, 0.2) is 78.9 Å². The number of aryl methyl sites for hydroxylation is 1. The molecule has 1 aliphatic rings. The molecule has 0 bridgehead atoms. The summed E-state index contributed by atoms with van der Waals surface area (Å²) in [7, 11) is 1.59. The van der Waals surface area contributed by atoms with Crippen molar-refractivity contribution in [3.05, 3.63) is 95.6 Å². The molecule has 0 aromatic heterocycles. The van der Waals surface area contributed by atoms with Gasteiger partial charge in [-0.2, -0.15) is 0 Å². The van der Waals surface area contributed by atoms with E-state index in [1.54, 1.807) is 36.2 Å². The summed E-state index contributed by atoms with van der Waals surface area (Å²) in [5, 5.41) is 5.59. The molecule has 10 heteroatoms. The predicted molar refractivity (Wildman–Crippen MR) is 166 cm³/mol. The van der Waals surface area contributed by atoms with Gasteiger partial charge in [-0.05, 0) is 43.2 Å². The van der Waals surface area contributed by atoms with Crippen molar-refractivity contribution in [3.63, 3.8) is 0 Å². The Morgan fingerprint density at radius 1 is 0.977 bits per heavy atom. The van der Waals surface area contributed by atoms with Crippen molar-refractivity contribution in [2.75, 3.05) is 39.9 Å². The number of carbonyl (C=O) groups is 4. The normalized spacial score (nSPS) is 17.8. The highest BCUT2D eigenvalue weighted by molar-refractivity contribution is 6.01. The van der Waals surface area contributed by atoms with Gasteiger partial charge in [-0.25, -0.2) is 0 Å². The molecule has 3 aromatic rings. The lowest BCUT2D eigenvalue weighted by Gasteiger charge is -2.29. The summed E-state index contributed by atoms with van der Waals surface area (Å²) in [6, 6.07) is 21.6. The molecule has 1 heterocycles. The SMILES string of the molecule is CCN1CCOc2ccccc2C(=O)N[C@H](C(=O)N(C)CCOc2ccccc2C)CC(=O)N[C@H](Cc2ccccc2)C1=O. The minimum absolute atomic E-state index is 0.141. The molecule has 0 aliphatic carbocycles. The fraction of sp³-hybridized carbons (Fsp3) is 0.353. The standard InChI is InChI=1S/C34H40N4O6/c1-4-38-19-21-44-30-17-11-9-15-26(30)32(40)36-28(33(41)37(3)18-20-43-29-16-10-8-12-24(29)2)23-31(39)35-27(34(38)42)22-25-13-6-5-7-14-25/h5-17,27-28H,4,18-23H2,1-3H3,(H,35,39)(H,36,40)/t27-,28+/m1/s1. The Morgan fingerprint density at radius 3 is 2.43 bits per heavy atom. The van der Waals surface area contributed by atoms with Crippen molar-refractivity contribution in [2.45, 2.75) is 38.8 Å². The highest BCUT2D eigenvalue weighted by Gasteiger charge is 2.31. The van der Waals surface area contributed by atoms with E-state index in [2.05, 4.69) is 10.6 Å². The number of benzene rings is 3. The van der Waals surface area contributed by atoms with Gasteiger partial charge in [0.05, 0.1) is 25.1 Å². The Morgan fingerprint density at radius 2 is 1.68 bits per heavy atom. The van der Waals surface area contributed by atoms with E-state index in [1.807, 2.05) is 68.4 Å². The number of rotatable bonds is 8. The van der Waals surface area contributed by atoms with Gasteiger partial charge in [-0.3, -0.25) is 19.2 Å². The van der Waals surface area contributed by atoms with Gasteiger partial charge in [0.25, 0.3) is 5.91 Å². The van der Waals surface area contributed by atoms with Crippen molar-refractivity contribution in [1.29, 1.82) is 0 Å². The Kier molecular flexibility index (Phi) is 11.3. The van der Waals surface area contributed by atoms with Crippen molar-refractivity contribution in [1.82, 2.24) is 20.4 Å². The highest BCUT2D eigenvalue weighted by Crippen LogP contribution is 2.20. The number of nitrogens with zero attached hydrogens (tertiary/aromatic N) is 2. The van der Waals surface area contributed by atoms with E-state index in [0.29, 0.717) is 18.0 Å². The second-order valence-corrected chi connectivity index (χ2v) is 10.7. The van der Waals surface area contributed by atoms with E-state index >= 15 is 0 Å². The number of hydrogen-bond acceptors (Lipinski definition) is 6. The van der Waals surface area contributed by atoms with Gasteiger partial charge in [-0.1, -0.05) is 60.7 Å². The third-order valence-corrected chi connectivity index (χ3v) is 7.51. The number of likely N-dealkylation sites (N-methyl/N-ethyl adjacent to an activating group) is 2. The first-order valence-electron chi connectivity index (χ1n) is 14.8. The summed E-state index contributed by atoms with van der Waals surface area (Å²) in [5.74, 6) is -0.754. The fourth-order valence-electron chi connectivity index (χ4n) is 5.00. The van der Waals surface area contributed by atoms with Crippen molar-refractivity contribution in [3.8, 4) is 11.5 Å². The molecule has 44 heavy (non-hydrogen) atoms.